The zero-order chi connectivity index (χ0) is 19.1. The van der Waals surface area contributed by atoms with Gasteiger partial charge in [0.25, 0.3) is 0 Å². The van der Waals surface area contributed by atoms with E-state index in [1.165, 1.54) is 6.08 Å². The molecule has 0 fully saturated rings. The average molecular weight is 367 g/mol. The monoisotopic (exact) mass is 367 g/mol. The van der Waals surface area contributed by atoms with Crippen molar-refractivity contribution in [3.05, 3.63) is 83.6 Å². The molecule has 0 bridgehead atoms. The van der Waals surface area contributed by atoms with Crippen LogP contribution in [0.5, 0.6) is 0 Å². The molecular formula is C20H17NO6. The Morgan fingerprint density at radius 2 is 1.59 bits per heavy atom. The number of hydrogen-bond donors (Lipinski definition) is 1. The third-order valence-electron chi connectivity index (χ3n) is 3.72. The molecule has 0 spiro atoms. The van der Waals surface area contributed by atoms with E-state index >= 15 is 0 Å². The zero-order valence-corrected chi connectivity index (χ0v) is 14.3. The highest BCUT2D eigenvalue weighted by atomic mass is 16.6. The molecular weight excluding hydrogens is 350 g/mol. The van der Waals surface area contributed by atoms with Gasteiger partial charge in [0.2, 0.25) is 5.90 Å². The minimum absolute atomic E-state index is 0.0121. The molecule has 1 heterocycles. The van der Waals surface area contributed by atoms with E-state index in [0.29, 0.717) is 11.1 Å². The molecule has 27 heavy (non-hydrogen) atoms. The van der Waals surface area contributed by atoms with Crippen LogP contribution in [0.3, 0.4) is 0 Å². The molecule has 0 radical (unpaired) electrons. The first-order valence-electron chi connectivity index (χ1n) is 8.23. The maximum Gasteiger partial charge on any atom is 0.343 e. The molecule has 3 rings (SSSR count). The summed E-state index contributed by atoms with van der Waals surface area (Å²) in [7, 11) is 0. The highest BCUT2D eigenvalue weighted by molar-refractivity contribution is 5.91. The fraction of sp³-hybridized carbons (Fsp3) is 0.150. The Bertz CT molecular complexity index is 861. The Hall–Kier alpha value is -3.61. The lowest BCUT2D eigenvalue weighted by molar-refractivity contribution is 0.0319. The second-order valence-electron chi connectivity index (χ2n) is 5.68. The van der Waals surface area contributed by atoms with E-state index in [1.54, 1.807) is 60.7 Å². The summed E-state index contributed by atoms with van der Waals surface area (Å²) in [5, 5.41) is 12.1. The van der Waals surface area contributed by atoms with Crippen molar-refractivity contribution >= 4 is 17.8 Å². The number of esters is 2. The van der Waals surface area contributed by atoms with Crippen LogP contribution < -0.4 is 0 Å². The zero-order valence-electron chi connectivity index (χ0n) is 14.3. The third-order valence-corrected chi connectivity index (χ3v) is 3.72. The summed E-state index contributed by atoms with van der Waals surface area (Å²) < 4.78 is 15.9. The normalized spacial score (nSPS) is 17.6. The van der Waals surface area contributed by atoms with Crippen molar-refractivity contribution in [1.82, 2.24) is 0 Å². The fourth-order valence-corrected chi connectivity index (χ4v) is 2.44. The number of carbonyl (C=O) groups is 2. The average Bonchev–Trinajstić information content (AvgIpc) is 2.73. The first kappa shape index (κ1) is 18.2. The second-order valence-corrected chi connectivity index (χ2v) is 5.68. The van der Waals surface area contributed by atoms with Crippen molar-refractivity contribution in [3.8, 4) is 0 Å². The molecule has 0 unspecified atom stereocenters. The fourth-order valence-electron chi connectivity index (χ4n) is 2.44. The van der Waals surface area contributed by atoms with Crippen LogP contribution in [0.4, 0.5) is 0 Å². The van der Waals surface area contributed by atoms with Gasteiger partial charge < -0.3 is 19.4 Å². The second kappa shape index (κ2) is 8.66. The van der Waals surface area contributed by atoms with Crippen LogP contribution in [0.2, 0.25) is 0 Å². The van der Waals surface area contributed by atoms with Crippen LogP contribution in [0.15, 0.2) is 77.7 Å². The van der Waals surface area contributed by atoms with Crippen LogP contribution in [0.25, 0.3) is 0 Å². The number of carbonyl (C=O) groups excluding carboxylic acids is 2. The lowest BCUT2D eigenvalue weighted by atomic mass is 10.2. The van der Waals surface area contributed by atoms with Gasteiger partial charge in [-0.05, 0) is 30.3 Å². The topological polar surface area (TPSA) is 94.4 Å². The van der Waals surface area contributed by atoms with Crippen LogP contribution in [-0.2, 0) is 14.2 Å². The summed E-state index contributed by atoms with van der Waals surface area (Å²) in [6, 6.07) is 17.0. The molecule has 7 nitrogen and oxygen atoms in total. The molecule has 1 atom stereocenters. The Kier molecular flexibility index (Phi) is 5.84. The van der Waals surface area contributed by atoms with Crippen molar-refractivity contribution in [2.75, 3.05) is 6.61 Å². The van der Waals surface area contributed by atoms with E-state index in [2.05, 4.69) is 5.16 Å². The molecule has 0 saturated carbocycles. The summed E-state index contributed by atoms with van der Waals surface area (Å²) in [6.45, 7) is -0.126. The van der Waals surface area contributed by atoms with E-state index in [9.17, 15) is 9.59 Å². The van der Waals surface area contributed by atoms with Crippen LogP contribution in [0, 0.1) is 0 Å². The SMILES string of the molecule is O=C(OC[C@@H]1C=C(OC(=O)c2ccccc2)C/C(=N\O)O1)c1ccccc1. The van der Waals surface area contributed by atoms with E-state index < -0.39 is 18.0 Å². The van der Waals surface area contributed by atoms with Crippen LogP contribution >= 0.6 is 0 Å². The molecule has 0 aromatic heterocycles. The molecule has 0 aliphatic carbocycles. The van der Waals surface area contributed by atoms with Crippen LogP contribution in [0.1, 0.15) is 27.1 Å². The first-order chi connectivity index (χ1) is 13.2. The summed E-state index contributed by atoms with van der Waals surface area (Å²) in [5.41, 5.74) is 0.795. The lowest BCUT2D eigenvalue weighted by Gasteiger charge is -2.22. The van der Waals surface area contributed by atoms with Crippen molar-refractivity contribution < 1.29 is 29.0 Å². The van der Waals surface area contributed by atoms with Crippen molar-refractivity contribution in [2.45, 2.75) is 12.5 Å². The van der Waals surface area contributed by atoms with Gasteiger partial charge in [-0.2, -0.15) is 0 Å². The molecule has 1 aliphatic rings. The minimum Gasteiger partial charge on any atom is -0.467 e. The van der Waals surface area contributed by atoms with Gasteiger partial charge in [-0.15, -0.1) is 0 Å². The maximum atomic E-state index is 12.2. The van der Waals surface area contributed by atoms with Crippen LogP contribution in [-0.4, -0.2) is 35.8 Å². The first-order valence-corrected chi connectivity index (χ1v) is 8.23. The van der Waals surface area contributed by atoms with Gasteiger partial charge in [-0.1, -0.05) is 41.6 Å². The van der Waals surface area contributed by atoms with Gasteiger partial charge in [-0.3, -0.25) is 0 Å². The maximum absolute atomic E-state index is 12.2. The van der Waals surface area contributed by atoms with Gasteiger partial charge in [0.15, 0.2) is 6.10 Å². The van der Waals surface area contributed by atoms with E-state index in [1.807, 2.05) is 0 Å². The smallest absolute Gasteiger partial charge is 0.343 e. The van der Waals surface area contributed by atoms with Gasteiger partial charge in [0.1, 0.15) is 12.4 Å². The lowest BCUT2D eigenvalue weighted by Crippen LogP contribution is -2.29. The molecule has 0 amide bonds. The highest BCUT2D eigenvalue weighted by Crippen LogP contribution is 2.19. The third kappa shape index (κ3) is 4.94. The van der Waals surface area contributed by atoms with E-state index in [-0.39, 0.29) is 24.7 Å². The molecule has 7 heteroatoms. The van der Waals surface area contributed by atoms with Gasteiger partial charge in [0.05, 0.1) is 17.5 Å². The molecule has 2 aromatic carbocycles. The number of ether oxygens (including phenoxy) is 3. The Balaban J connectivity index is 1.65. The predicted octanol–water partition coefficient (Wildman–Crippen LogP) is 3.16. The summed E-state index contributed by atoms with van der Waals surface area (Å²) >= 11 is 0. The molecule has 138 valence electrons. The number of benzene rings is 2. The van der Waals surface area contributed by atoms with E-state index in [4.69, 9.17) is 19.4 Å². The Morgan fingerprint density at radius 3 is 2.19 bits per heavy atom. The van der Waals surface area contributed by atoms with Crippen molar-refractivity contribution in [1.29, 1.82) is 0 Å². The van der Waals surface area contributed by atoms with Crippen molar-refractivity contribution in [2.24, 2.45) is 5.16 Å². The largest absolute Gasteiger partial charge is 0.467 e. The molecule has 2 aromatic rings. The minimum atomic E-state index is -0.740. The van der Waals surface area contributed by atoms with Gasteiger partial charge in [0, 0.05) is 0 Å². The highest BCUT2D eigenvalue weighted by Gasteiger charge is 2.24. The number of rotatable bonds is 5. The Labute approximate surface area is 155 Å². The summed E-state index contributed by atoms with van der Waals surface area (Å²) in [6.07, 6.45) is 0.794. The quantitative estimate of drug-likeness (QED) is 0.496. The summed E-state index contributed by atoms with van der Waals surface area (Å²) in [4.78, 5) is 24.2. The predicted molar refractivity (Wildman–Crippen MR) is 95.4 cm³/mol. The Morgan fingerprint density at radius 1 is 1.00 bits per heavy atom. The molecule has 1 N–H and O–H groups in total. The number of nitrogens with zero attached hydrogens (tertiary/aromatic N) is 1. The molecule has 1 aliphatic heterocycles. The summed E-state index contributed by atoms with van der Waals surface area (Å²) in [5.74, 6) is -0.831. The number of oxime groups is 1. The standard InChI is InChI=1S/C20H17NO6/c22-19(14-7-3-1-4-8-14)25-13-17-11-16(12-18(21-24)26-17)27-20(23)15-9-5-2-6-10-15/h1-11,17,24H,12-13H2/b21-18+/t17-/m0/s1. The van der Waals surface area contributed by atoms with Gasteiger partial charge >= 0.3 is 11.9 Å². The molecule has 0 saturated heterocycles. The van der Waals surface area contributed by atoms with Crippen molar-refractivity contribution in [3.63, 3.8) is 0 Å². The number of hydrogen-bond acceptors (Lipinski definition) is 7. The van der Waals surface area contributed by atoms with E-state index in [0.717, 1.165) is 0 Å². The van der Waals surface area contributed by atoms with Gasteiger partial charge in [-0.25, -0.2) is 9.59 Å².